The molecular formula is C40H53N3O9S. The maximum absolute atomic E-state index is 14.5. The molecule has 1 aromatic carbocycles. The molecule has 0 aromatic heterocycles. The van der Waals surface area contributed by atoms with Gasteiger partial charge in [-0.1, -0.05) is 71.0 Å². The first-order valence-corrected chi connectivity index (χ1v) is 20.3. The first-order chi connectivity index (χ1) is 24.8. The Hall–Kier alpha value is -4.00. The van der Waals surface area contributed by atoms with Crippen molar-refractivity contribution in [1.82, 2.24) is 14.9 Å². The summed E-state index contributed by atoms with van der Waals surface area (Å²) in [7, 11) is -3.90. The molecule has 53 heavy (non-hydrogen) atoms. The third kappa shape index (κ3) is 8.39. The van der Waals surface area contributed by atoms with E-state index in [-0.39, 0.29) is 37.8 Å². The summed E-state index contributed by atoms with van der Waals surface area (Å²) >= 11 is 0. The molecule has 6 atom stereocenters. The van der Waals surface area contributed by atoms with Crippen molar-refractivity contribution >= 4 is 45.8 Å². The fourth-order valence-electron chi connectivity index (χ4n) is 7.88. The van der Waals surface area contributed by atoms with E-state index in [1.54, 1.807) is 0 Å². The van der Waals surface area contributed by atoms with Gasteiger partial charge in [0.15, 0.2) is 0 Å². The lowest BCUT2D eigenvalue weighted by Crippen LogP contribution is -2.57. The summed E-state index contributed by atoms with van der Waals surface area (Å²) in [6.45, 7) is 13.4. The van der Waals surface area contributed by atoms with Crippen LogP contribution in [0.4, 0.5) is 0 Å². The number of nitrogens with one attached hydrogen (secondary N) is 2. The molecule has 288 valence electrons. The molecule has 0 spiro atoms. The monoisotopic (exact) mass is 751 g/mol. The number of fused-ring (bicyclic) bond motifs is 3. The molecule has 3 fully saturated rings. The Morgan fingerprint density at radius 1 is 1.08 bits per heavy atom. The summed E-state index contributed by atoms with van der Waals surface area (Å²) in [5, 5.41) is 2.13. The smallest absolute Gasteiger partial charge is 0.309 e. The van der Waals surface area contributed by atoms with Gasteiger partial charge in [0, 0.05) is 12.3 Å². The standard InChI is InChI=1S/C40H53N3O9S/c1-7-27-21-40(27,37(48)42-53(49,50)29-14-15-29)41-34(45)32-19-28-22-43(32)35(46)31(38(2,3)4)20-33(44)51-23-39(5,6)16-9-8-11-24-12-10-13-25-17-26(18-30(24)25)36(47)52-28/h7-8,10-13,26-29,31-32H,1,9,14-23H2,2-6H3,(H,41,45)(H,42,48)/b11-8+/t26?,27-,28-,31-,32+,40-/m1/s1. The molecule has 2 heterocycles. The van der Waals surface area contributed by atoms with Gasteiger partial charge in [-0.25, -0.2) is 8.42 Å². The van der Waals surface area contributed by atoms with Gasteiger partial charge >= 0.3 is 11.9 Å². The van der Waals surface area contributed by atoms with E-state index >= 15 is 0 Å². The van der Waals surface area contributed by atoms with Crippen LogP contribution in [0.3, 0.4) is 0 Å². The van der Waals surface area contributed by atoms with E-state index < -0.39 is 85.8 Å². The van der Waals surface area contributed by atoms with Crippen molar-refractivity contribution in [3.05, 3.63) is 53.6 Å². The normalized spacial score (nSPS) is 31.2. The van der Waals surface area contributed by atoms with E-state index in [9.17, 15) is 32.4 Å². The van der Waals surface area contributed by atoms with E-state index in [0.29, 0.717) is 25.7 Å². The summed E-state index contributed by atoms with van der Waals surface area (Å²) in [5.74, 6) is -4.80. The quantitative estimate of drug-likeness (QED) is 0.323. The highest BCUT2D eigenvalue weighted by atomic mass is 32.2. The fourth-order valence-corrected chi connectivity index (χ4v) is 9.24. The summed E-state index contributed by atoms with van der Waals surface area (Å²) in [4.78, 5) is 70.7. The molecule has 1 saturated heterocycles. The zero-order valence-corrected chi connectivity index (χ0v) is 32.3. The molecule has 3 aliphatic carbocycles. The molecule has 6 rings (SSSR count). The Labute approximate surface area is 312 Å². The van der Waals surface area contributed by atoms with E-state index in [4.69, 9.17) is 9.47 Å². The van der Waals surface area contributed by atoms with Crippen LogP contribution in [-0.4, -0.2) is 79.1 Å². The number of esters is 2. The van der Waals surface area contributed by atoms with Crippen LogP contribution in [0, 0.1) is 28.6 Å². The van der Waals surface area contributed by atoms with Gasteiger partial charge in [-0.3, -0.25) is 28.7 Å². The number of hydrogen-bond donors (Lipinski definition) is 2. The van der Waals surface area contributed by atoms with Crippen molar-refractivity contribution in [2.24, 2.45) is 28.6 Å². The number of carbonyl (C=O) groups is 5. The van der Waals surface area contributed by atoms with E-state index in [0.717, 1.165) is 29.5 Å². The number of carbonyl (C=O) groups excluding carboxylic acids is 5. The maximum atomic E-state index is 14.5. The highest BCUT2D eigenvalue weighted by Crippen LogP contribution is 2.46. The van der Waals surface area contributed by atoms with E-state index in [2.05, 4.69) is 28.8 Å². The topological polar surface area (TPSA) is 165 Å². The Balaban J connectivity index is 1.29. The second-order valence-corrected chi connectivity index (χ2v) is 19.4. The van der Waals surface area contributed by atoms with Gasteiger partial charge in [0.25, 0.3) is 5.91 Å². The second-order valence-electron chi connectivity index (χ2n) is 17.5. The van der Waals surface area contributed by atoms with Crippen molar-refractivity contribution < 1.29 is 41.9 Å². The molecule has 4 bridgehead atoms. The van der Waals surface area contributed by atoms with Crippen LogP contribution in [0.5, 0.6) is 0 Å². The van der Waals surface area contributed by atoms with Gasteiger partial charge in [-0.05, 0) is 72.5 Å². The van der Waals surface area contributed by atoms with Crippen LogP contribution in [0.15, 0.2) is 36.9 Å². The Kier molecular flexibility index (Phi) is 10.5. The summed E-state index contributed by atoms with van der Waals surface area (Å²) in [6.07, 6.45) is 8.17. The van der Waals surface area contributed by atoms with Crippen molar-refractivity contribution in [3.63, 3.8) is 0 Å². The number of allylic oxidation sites excluding steroid dienone is 1. The van der Waals surface area contributed by atoms with E-state index in [1.165, 1.54) is 11.0 Å². The lowest BCUT2D eigenvalue weighted by atomic mass is 9.77. The highest BCUT2D eigenvalue weighted by molar-refractivity contribution is 7.91. The number of benzene rings is 1. The first-order valence-electron chi connectivity index (χ1n) is 18.8. The van der Waals surface area contributed by atoms with Gasteiger partial charge in [0.1, 0.15) is 17.7 Å². The number of amides is 3. The predicted molar refractivity (Wildman–Crippen MR) is 197 cm³/mol. The lowest BCUT2D eigenvalue weighted by molar-refractivity contribution is -0.156. The van der Waals surface area contributed by atoms with E-state index in [1.807, 2.05) is 52.8 Å². The van der Waals surface area contributed by atoms with Crippen LogP contribution in [0.2, 0.25) is 0 Å². The van der Waals surface area contributed by atoms with Crippen molar-refractivity contribution in [2.45, 2.75) is 115 Å². The number of nitrogens with zero attached hydrogens (tertiary/aromatic N) is 1. The molecule has 1 aromatic rings. The molecule has 5 aliphatic rings. The SMILES string of the molecule is C=C[C@@H]1C[C@]1(NC(=O)[C@@H]1C[C@@H]2CN1C(=O)[C@H](C(C)(C)C)CC(=O)OCC(C)(C)CC/C=C/c1cccc3c1CC(C3)C(=O)O2)C(=O)NS(=O)(=O)C1CC1. The highest BCUT2D eigenvalue weighted by Gasteiger charge is 2.62. The summed E-state index contributed by atoms with van der Waals surface area (Å²) in [5.41, 5.74) is 0.604. The third-order valence-electron chi connectivity index (χ3n) is 11.6. The Morgan fingerprint density at radius 3 is 2.47 bits per heavy atom. The number of cyclic esters (lactones) is 1. The van der Waals surface area contributed by atoms with Gasteiger partial charge in [0.05, 0.1) is 36.7 Å². The minimum absolute atomic E-state index is 0.0384. The predicted octanol–water partition coefficient (Wildman–Crippen LogP) is 4.01. The molecule has 2 aliphatic heterocycles. The molecule has 2 N–H and O–H groups in total. The van der Waals surface area contributed by atoms with Gasteiger partial charge in [0.2, 0.25) is 21.8 Å². The Morgan fingerprint density at radius 2 is 1.81 bits per heavy atom. The van der Waals surface area contributed by atoms with Crippen LogP contribution in [0.1, 0.15) is 96.3 Å². The average Bonchev–Trinajstić information content (AvgIpc) is 3.97. The molecular weight excluding hydrogens is 699 g/mol. The summed E-state index contributed by atoms with van der Waals surface area (Å²) in [6, 6.07) is 4.86. The van der Waals surface area contributed by atoms with Crippen molar-refractivity contribution in [1.29, 1.82) is 0 Å². The van der Waals surface area contributed by atoms with Crippen LogP contribution in [0.25, 0.3) is 6.08 Å². The van der Waals surface area contributed by atoms with Gasteiger partial charge < -0.3 is 19.7 Å². The molecule has 3 amide bonds. The van der Waals surface area contributed by atoms with Gasteiger partial charge in [-0.15, -0.1) is 6.58 Å². The zero-order valence-electron chi connectivity index (χ0n) is 31.4. The van der Waals surface area contributed by atoms with Crippen LogP contribution < -0.4 is 10.0 Å². The molecule has 1 unspecified atom stereocenters. The second kappa shape index (κ2) is 14.3. The van der Waals surface area contributed by atoms with Crippen molar-refractivity contribution in [2.75, 3.05) is 13.2 Å². The third-order valence-corrected chi connectivity index (χ3v) is 13.4. The molecule has 0 radical (unpaired) electrons. The minimum atomic E-state index is -3.90. The first kappa shape index (κ1) is 38.7. The minimum Gasteiger partial charge on any atom is -0.465 e. The van der Waals surface area contributed by atoms with Gasteiger partial charge in [-0.2, -0.15) is 0 Å². The Bertz CT molecular complexity index is 1830. The zero-order chi connectivity index (χ0) is 38.5. The number of ether oxygens (including phenoxy) is 2. The van der Waals surface area contributed by atoms with Crippen molar-refractivity contribution in [3.8, 4) is 0 Å². The molecule has 13 heteroatoms. The average molecular weight is 752 g/mol. The number of rotatable bonds is 6. The lowest BCUT2D eigenvalue weighted by Gasteiger charge is -2.35. The number of sulfonamides is 1. The summed E-state index contributed by atoms with van der Waals surface area (Å²) < 4.78 is 39.3. The molecule has 2 saturated carbocycles. The fraction of sp³-hybridized carbons (Fsp3) is 0.625. The van der Waals surface area contributed by atoms with Crippen LogP contribution in [-0.2, 0) is 56.3 Å². The maximum Gasteiger partial charge on any atom is 0.309 e. The number of hydrogen-bond acceptors (Lipinski definition) is 9. The molecule has 12 nitrogen and oxygen atoms in total. The largest absolute Gasteiger partial charge is 0.465 e. The van der Waals surface area contributed by atoms with Crippen LogP contribution >= 0.6 is 0 Å².